The van der Waals surface area contributed by atoms with Crippen LogP contribution in [0.3, 0.4) is 0 Å². The molecule has 0 radical (unpaired) electrons. The maximum Gasteiger partial charge on any atom is 0.335 e. The van der Waals surface area contributed by atoms with E-state index < -0.39 is 11.9 Å². The van der Waals surface area contributed by atoms with Gasteiger partial charge in [0, 0.05) is 0 Å². The largest absolute Gasteiger partial charge is 0.478 e. The highest BCUT2D eigenvalue weighted by Gasteiger charge is 1.97. The van der Waals surface area contributed by atoms with Crippen LogP contribution in [-0.2, 0) is 0 Å². The Morgan fingerprint density at radius 3 is 1.05 bits per heavy atom. The molecule has 0 atom stereocenters. The summed E-state index contributed by atoms with van der Waals surface area (Å²) in [7, 11) is 0. The SMILES string of the molecule is C.C.CBr.O=C(O)c1ccccc1.O=C(O)c1ccccc1. The number of hydrogen-bond acceptors (Lipinski definition) is 2. The van der Waals surface area contributed by atoms with E-state index in [9.17, 15) is 9.59 Å². The molecule has 0 amide bonds. The Kier molecular flexibility index (Phi) is 17.2. The van der Waals surface area contributed by atoms with Crippen LogP contribution in [0.5, 0.6) is 0 Å². The Hall–Kier alpha value is -2.14. The van der Waals surface area contributed by atoms with Crippen LogP contribution < -0.4 is 0 Å². The normalized spacial score (nSPS) is 7.55. The second-order valence-corrected chi connectivity index (χ2v) is 3.34. The first-order chi connectivity index (χ1) is 9.61. The van der Waals surface area contributed by atoms with Crippen molar-refractivity contribution >= 4 is 27.9 Å². The quantitative estimate of drug-likeness (QED) is 0.724. The van der Waals surface area contributed by atoms with E-state index in [2.05, 4.69) is 15.9 Å². The molecule has 0 unspecified atom stereocenters. The fraction of sp³-hybridized carbons (Fsp3) is 0.176. The Labute approximate surface area is 140 Å². The molecule has 0 bridgehead atoms. The Morgan fingerprint density at radius 2 is 0.909 bits per heavy atom. The zero-order chi connectivity index (χ0) is 15.4. The summed E-state index contributed by atoms with van der Waals surface area (Å²) in [5, 5.41) is 16.8. The molecule has 0 heterocycles. The molecule has 0 aliphatic rings. The molecule has 4 nitrogen and oxygen atoms in total. The lowest BCUT2D eigenvalue weighted by molar-refractivity contribution is 0.0686. The molecule has 0 spiro atoms. The van der Waals surface area contributed by atoms with Gasteiger partial charge in [-0.15, -0.1) is 0 Å². The maximum absolute atomic E-state index is 10.2. The average molecular weight is 371 g/mol. The molecular weight excluding hydrogens is 348 g/mol. The Balaban J connectivity index is -0.000000273. The van der Waals surface area contributed by atoms with E-state index in [4.69, 9.17) is 10.2 Å². The minimum Gasteiger partial charge on any atom is -0.478 e. The highest BCUT2D eigenvalue weighted by atomic mass is 79.9. The topological polar surface area (TPSA) is 74.6 Å². The predicted octanol–water partition coefficient (Wildman–Crippen LogP) is 5.05. The number of hydrogen-bond donors (Lipinski definition) is 2. The van der Waals surface area contributed by atoms with Crippen molar-refractivity contribution in [1.82, 2.24) is 0 Å². The van der Waals surface area contributed by atoms with E-state index in [1.165, 1.54) is 0 Å². The summed E-state index contributed by atoms with van der Waals surface area (Å²) in [5.41, 5.74) is 0.662. The number of rotatable bonds is 2. The van der Waals surface area contributed by atoms with E-state index in [1.807, 2.05) is 5.83 Å². The molecule has 0 fully saturated rings. The number of carboxylic acids is 2. The molecule has 2 rings (SSSR count). The summed E-state index contributed by atoms with van der Waals surface area (Å²) in [4.78, 5) is 20.4. The van der Waals surface area contributed by atoms with Crippen molar-refractivity contribution in [2.24, 2.45) is 0 Å². The van der Waals surface area contributed by atoms with Crippen molar-refractivity contribution in [2.75, 3.05) is 5.83 Å². The van der Waals surface area contributed by atoms with Crippen molar-refractivity contribution in [3.63, 3.8) is 0 Å². The molecule has 0 saturated carbocycles. The second kappa shape index (κ2) is 15.3. The van der Waals surface area contributed by atoms with Gasteiger partial charge in [-0.25, -0.2) is 9.59 Å². The molecule has 2 aromatic rings. The highest BCUT2D eigenvalue weighted by molar-refractivity contribution is 9.08. The summed E-state index contributed by atoms with van der Waals surface area (Å²) in [6, 6.07) is 16.6. The fourth-order valence-electron chi connectivity index (χ4n) is 1.16. The first-order valence-corrected chi connectivity index (χ1v) is 7.14. The van der Waals surface area contributed by atoms with Gasteiger partial charge in [0.05, 0.1) is 11.1 Å². The molecule has 2 aromatic carbocycles. The third-order valence-corrected chi connectivity index (χ3v) is 2.04. The van der Waals surface area contributed by atoms with Gasteiger partial charge in [-0.3, -0.25) is 0 Å². The number of alkyl halides is 1. The van der Waals surface area contributed by atoms with Gasteiger partial charge < -0.3 is 10.2 Å². The zero-order valence-corrected chi connectivity index (χ0v) is 12.4. The number of aromatic carboxylic acids is 2. The molecular formula is C17H23BrO4. The lowest BCUT2D eigenvalue weighted by atomic mass is 10.2. The van der Waals surface area contributed by atoms with Crippen LogP contribution in [0.2, 0.25) is 0 Å². The third-order valence-electron chi connectivity index (χ3n) is 2.04. The Bertz CT molecular complexity index is 463. The fourth-order valence-corrected chi connectivity index (χ4v) is 1.16. The van der Waals surface area contributed by atoms with Crippen molar-refractivity contribution in [3.05, 3.63) is 71.8 Å². The van der Waals surface area contributed by atoms with E-state index >= 15 is 0 Å². The monoisotopic (exact) mass is 370 g/mol. The van der Waals surface area contributed by atoms with Crippen LogP contribution in [0.1, 0.15) is 35.6 Å². The van der Waals surface area contributed by atoms with Gasteiger partial charge in [-0.1, -0.05) is 67.2 Å². The molecule has 0 aliphatic heterocycles. The zero-order valence-electron chi connectivity index (χ0n) is 10.9. The molecule has 0 saturated heterocycles. The lowest BCUT2D eigenvalue weighted by Gasteiger charge is -1.88. The van der Waals surface area contributed by atoms with Gasteiger partial charge in [0.15, 0.2) is 0 Å². The number of benzene rings is 2. The van der Waals surface area contributed by atoms with Crippen molar-refractivity contribution in [3.8, 4) is 0 Å². The van der Waals surface area contributed by atoms with E-state index in [0.717, 1.165) is 0 Å². The van der Waals surface area contributed by atoms with Crippen molar-refractivity contribution in [2.45, 2.75) is 14.9 Å². The van der Waals surface area contributed by atoms with Gasteiger partial charge in [0.1, 0.15) is 0 Å². The van der Waals surface area contributed by atoms with E-state index in [0.29, 0.717) is 11.1 Å². The molecule has 0 aromatic heterocycles. The maximum atomic E-state index is 10.2. The first kappa shape index (κ1) is 24.9. The Morgan fingerprint density at radius 1 is 0.682 bits per heavy atom. The summed E-state index contributed by atoms with van der Waals surface area (Å²) in [6.07, 6.45) is 0. The summed E-state index contributed by atoms with van der Waals surface area (Å²) in [6.45, 7) is 0. The second-order valence-electron chi connectivity index (χ2n) is 3.34. The van der Waals surface area contributed by atoms with Gasteiger partial charge in [-0.2, -0.15) is 0 Å². The van der Waals surface area contributed by atoms with Crippen LogP contribution in [0.25, 0.3) is 0 Å². The summed E-state index contributed by atoms with van der Waals surface area (Å²) in [5.74, 6) is 0.0544. The number of carboxylic acid groups (broad SMARTS) is 2. The highest BCUT2D eigenvalue weighted by Crippen LogP contribution is 1.96. The number of carbonyl (C=O) groups is 2. The third kappa shape index (κ3) is 10.6. The first-order valence-electron chi connectivity index (χ1n) is 5.55. The van der Waals surface area contributed by atoms with Gasteiger partial charge in [-0.05, 0) is 30.1 Å². The van der Waals surface area contributed by atoms with Crippen molar-refractivity contribution in [1.29, 1.82) is 0 Å². The standard InChI is InChI=1S/2C7H6O2.CH3Br.2CH4/c2*8-7(9)6-4-2-1-3-5-6;1-2;;/h2*1-5H,(H,8,9);1H3;2*1H4. The summed E-state index contributed by atoms with van der Waals surface area (Å²) < 4.78 is 0. The van der Waals surface area contributed by atoms with Crippen molar-refractivity contribution < 1.29 is 19.8 Å². The lowest BCUT2D eigenvalue weighted by Crippen LogP contribution is -1.93. The molecule has 22 heavy (non-hydrogen) atoms. The molecule has 2 N–H and O–H groups in total. The predicted molar refractivity (Wildman–Crippen MR) is 95.1 cm³/mol. The van der Waals surface area contributed by atoms with Gasteiger partial charge in [0.25, 0.3) is 0 Å². The molecule has 0 aliphatic carbocycles. The van der Waals surface area contributed by atoms with Crippen LogP contribution in [0, 0.1) is 0 Å². The summed E-state index contributed by atoms with van der Waals surface area (Å²) >= 11 is 2.94. The van der Waals surface area contributed by atoms with Crippen LogP contribution in [0.4, 0.5) is 0 Å². The minimum absolute atomic E-state index is 0. The van der Waals surface area contributed by atoms with Crippen LogP contribution >= 0.6 is 15.9 Å². The van der Waals surface area contributed by atoms with E-state index in [1.54, 1.807) is 60.7 Å². The van der Waals surface area contributed by atoms with Gasteiger partial charge in [0.2, 0.25) is 0 Å². The smallest absolute Gasteiger partial charge is 0.335 e. The molecule has 5 heteroatoms. The number of halogens is 1. The van der Waals surface area contributed by atoms with E-state index in [-0.39, 0.29) is 14.9 Å². The van der Waals surface area contributed by atoms with Gasteiger partial charge >= 0.3 is 11.9 Å². The van der Waals surface area contributed by atoms with Crippen LogP contribution in [0.15, 0.2) is 60.7 Å². The van der Waals surface area contributed by atoms with Crippen LogP contribution in [-0.4, -0.2) is 28.0 Å². The molecule has 122 valence electrons. The minimum atomic E-state index is -0.879. The average Bonchev–Trinajstić information content (AvgIpc) is 2.51.